The highest BCUT2D eigenvalue weighted by atomic mass is 19.4. The van der Waals surface area contributed by atoms with E-state index in [1.54, 1.807) is 35.6 Å². The number of hydrogen-bond donors (Lipinski definition) is 3. The summed E-state index contributed by atoms with van der Waals surface area (Å²) < 4.78 is 40.5. The van der Waals surface area contributed by atoms with Crippen LogP contribution in [0, 0.1) is 0 Å². The fraction of sp³-hybridized carbons (Fsp3) is 0.250. The number of esters is 1. The molecule has 0 aliphatic heterocycles. The van der Waals surface area contributed by atoms with Crippen LogP contribution in [-0.4, -0.2) is 43.1 Å². The van der Waals surface area contributed by atoms with Crippen molar-refractivity contribution < 1.29 is 37.1 Å². The average molecular weight is 387 g/mol. The Labute approximate surface area is 151 Å². The summed E-state index contributed by atoms with van der Waals surface area (Å²) >= 11 is 0. The maximum absolute atomic E-state index is 12.0. The Kier molecular flexibility index (Phi) is 7.98. The van der Waals surface area contributed by atoms with E-state index in [1.165, 1.54) is 11.4 Å². The van der Waals surface area contributed by atoms with E-state index in [9.17, 15) is 32.3 Å². The molecule has 1 aromatic carbocycles. The molecule has 0 aliphatic carbocycles. The van der Waals surface area contributed by atoms with Crippen molar-refractivity contribution in [2.24, 2.45) is 0 Å². The molecule has 0 saturated heterocycles. The number of ether oxygens (including phenoxy) is 1. The molecule has 0 spiro atoms. The number of nitrogens with one attached hydrogen (secondary N) is 3. The lowest BCUT2D eigenvalue weighted by atomic mass is 10.2. The third-order valence-electron chi connectivity index (χ3n) is 2.68. The number of carbonyl (C=O) groups is 4. The Balaban J connectivity index is 2.61. The normalized spacial score (nSPS) is 11.3. The van der Waals surface area contributed by atoms with Crippen molar-refractivity contribution in [2.75, 3.05) is 13.2 Å². The molecule has 1 aromatic rings. The fourth-order valence-corrected chi connectivity index (χ4v) is 1.65. The summed E-state index contributed by atoms with van der Waals surface area (Å²) in [7, 11) is 0. The van der Waals surface area contributed by atoms with Gasteiger partial charge in [-0.15, -0.1) is 0 Å². The third-order valence-corrected chi connectivity index (χ3v) is 2.68. The zero-order valence-electron chi connectivity index (χ0n) is 14.1. The summed E-state index contributed by atoms with van der Waals surface area (Å²) in [6.07, 6.45) is -3.33. The highest BCUT2D eigenvalue weighted by molar-refractivity contribution is 6.00. The molecule has 0 fully saturated rings. The molecule has 146 valence electrons. The van der Waals surface area contributed by atoms with Crippen LogP contribution in [0.15, 0.2) is 36.0 Å². The smallest absolute Gasteiger partial charge is 0.405 e. The Morgan fingerprint density at radius 2 is 1.70 bits per heavy atom. The van der Waals surface area contributed by atoms with Crippen molar-refractivity contribution in [3.63, 3.8) is 0 Å². The summed E-state index contributed by atoms with van der Waals surface area (Å²) in [5.74, 6) is -2.78. The van der Waals surface area contributed by atoms with Crippen LogP contribution in [0.5, 0.6) is 0 Å². The molecular weight excluding hydrogens is 371 g/mol. The zero-order chi connectivity index (χ0) is 20.4. The average Bonchev–Trinajstić information content (AvgIpc) is 2.57. The number of carbonyl (C=O) groups excluding carboxylic acids is 4. The molecule has 4 amide bonds. The summed E-state index contributed by atoms with van der Waals surface area (Å²) in [4.78, 5) is 45.8. The molecule has 0 unspecified atom stereocenters. The summed E-state index contributed by atoms with van der Waals surface area (Å²) in [6.45, 7) is -1.41. The van der Waals surface area contributed by atoms with Gasteiger partial charge in [0.25, 0.3) is 5.91 Å². The van der Waals surface area contributed by atoms with Gasteiger partial charge in [0.2, 0.25) is 5.91 Å². The molecule has 0 atom stereocenters. The molecule has 0 saturated carbocycles. The molecule has 1 rings (SSSR count). The maximum atomic E-state index is 12.0. The molecular formula is C16H16F3N3O5. The van der Waals surface area contributed by atoms with E-state index in [-0.39, 0.29) is 5.70 Å². The second-order valence-electron chi connectivity index (χ2n) is 5.07. The van der Waals surface area contributed by atoms with E-state index in [4.69, 9.17) is 0 Å². The predicted molar refractivity (Wildman–Crippen MR) is 86.8 cm³/mol. The minimum atomic E-state index is -4.64. The van der Waals surface area contributed by atoms with Crippen molar-refractivity contribution in [3.8, 4) is 0 Å². The van der Waals surface area contributed by atoms with E-state index in [2.05, 4.69) is 10.1 Å². The Morgan fingerprint density at radius 1 is 1.07 bits per heavy atom. The van der Waals surface area contributed by atoms with E-state index in [0.717, 1.165) is 6.92 Å². The Hall–Kier alpha value is -3.37. The van der Waals surface area contributed by atoms with Gasteiger partial charge in [0.1, 0.15) is 12.2 Å². The van der Waals surface area contributed by atoms with E-state index in [1.807, 2.05) is 0 Å². The van der Waals surface area contributed by atoms with Gasteiger partial charge in [0, 0.05) is 6.92 Å². The van der Waals surface area contributed by atoms with Crippen LogP contribution in [0.25, 0.3) is 6.08 Å². The largest absolute Gasteiger partial charge is 0.451 e. The lowest BCUT2D eigenvalue weighted by Gasteiger charge is -2.10. The van der Waals surface area contributed by atoms with Gasteiger partial charge in [0.15, 0.2) is 6.61 Å². The molecule has 3 N–H and O–H groups in total. The van der Waals surface area contributed by atoms with Crippen LogP contribution in [0.2, 0.25) is 0 Å². The van der Waals surface area contributed by atoms with Gasteiger partial charge in [-0.1, -0.05) is 30.3 Å². The van der Waals surface area contributed by atoms with Crippen molar-refractivity contribution >= 4 is 29.9 Å². The number of amides is 4. The van der Waals surface area contributed by atoms with Crippen molar-refractivity contribution in [3.05, 3.63) is 41.6 Å². The molecule has 27 heavy (non-hydrogen) atoms. The highest BCUT2D eigenvalue weighted by Crippen LogP contribution is 2.11. The van der Waals surface area contributed by atoms with Gasteiger partial charge in [-0.25, -0.2) is 9.59 Å². The topological polar surface area (TPSA) is 114 Å². The number of halogens is 3. The summed E-state index contributed by atoms with van der Waals surface area (Å²) in [5.41, 5.74) is 0.303. The van der Waals surface area contributed by atoms with Crippen LogP contribution in [-0.2, 0) is 19.1 Å². The highest BCUT2D eigenvalue weighted by Gasteiger charge is 2.28. The first-order valence-electron chi connectivity index (χ1n) is 7.42. The minimum Gasteiger partial charge on any atom is -0.451 e. The molecule has 11 heteroatoms. The lowest BCUT2D eigenvalue weighted by Crippen LogP contribution is -2.44. The lowest BCUT2D eigenvalue weighted by molar-refractivity contribution is -0.145. The predicted octanol–water partition coefficient (Wildman–Crippen LogP) is 1.09. The van der Waals surface area contributed by atoms with Crippen molar-refractivity contribution in [1.82, 2.24) is 16.0 Å². The summed E-state index contributed by atoms with van der Waals surface area (Å²) in [6, 6.07) is 7.02. The Morgan fingerprint density at radius 3 is 2.26 bits per heavy atom. The monoisotopic (exact) mass is 387 g/mol. The van der Waals surface area contributed by atoms with Gasteiger partial charge < -0.3 is 15.4 Å². The first-order chi connectivity index (χ1) is 12.6. The number of alkyl halides is 3. The number of urea groups is 1. The van der Waals surface area contributed by atoms with Crippen LogP contribution in [0.3, 0.4) is 0 Å². The molecule has 0 aromatic heterocycles. The van der Waals surface area contributed by atoms with Gasteiger partial charge in [-0.05, 0) is 11.6 Å². The number of imide groups is 1. The molecule has 8 nitrogen and oxygen atoms in total. The molecule has 0 heterocycles. The summed E-state index contributed by atoms with van der Waals surface area (Å²) in [5, 5.41) is 5.22. The number of rotatable bonds is 6. The molecule has 0 radical (unpaired) electrons. The van der Waals surface area contributed by atoms with Gasteiger partial charge in [0.05, 0.1) is 0 Å². The van der Waals surface area contributed by atoms with Crippen LogP contribution in [0.1, 0.15) is 12.5 Å². The zero-order valence-corrected chi connectivity index (χ0v) is 14.1. The van der Waals surface area contributed by atoms with Crippen LogP contribution < -0.4 is 16.0 Å². The second-order valence-corrected chi connectivity index (χ2v) is 5.07. The first-order valence-corrected chi connectivity index (χ1v) is 7.42. The van der Waals surface area contributed by atoms with E-state index in [0.29, 0.717) is 5.56 Å². The van der Waals surface area contributed by atoms with Gasteiger partial charge in [-0.2, -0.15) is 13.2 Å². The van der Waals surface area contributed by atoms with Crippen molar-refractivity contribution in [1.29, 1.82) is 0 Å². The third kappa shape index (κ3) is 9.63. The fourth-order valence-electron chi connectivity index (χ4n) is 1.65. The first kappa shape index (κ1) is 21.7. The minimum absolute atomic E-state index is 0.261. The van der Waals surface area contributed by atoms with Crippen LogP contribution in [0.4, 0.5) is 18.0 Å². The van der Waals surface area contributed by atoms with Gasteiger partial charge >= 0.3 is 18.2 Å². The quantitative estimate of drug-likeness (QED) is 0.500. The second kappa shape index (κ2) is 9.94. The molecule has 0 aliphatic rings. The van der Waals surface area contributed by atoms with E-state index >= 15 is 0 Å². The van der Waals surface area contributed by atoms with Gasteiger partial charge in [-0.3, -0.25) is 14.9 Å². The standard InChI is InChI=1S/C16H16F3N3O5/c1-10(23)21-12(7-11-5-3-2-4-6-11)14(25)27-8-13(24)22-15(26)20-9-16(17,18)19/h2-7H,8-9H2,1H3,(H,21,23)(H2,20,22,24,26)/b12-7-. The Bertz CT molecular complexity index is 733. The number of benzene rings is 1. The van der Waals surface area contributed by atoms with E-state index < -0.39 is 43.1 Å². The van der Waals surface area contributed by atoms with Crippen molar-refractivity contribution in [2.45, 2.75) is 13.1 Å². The SMILES string of the molecule is CC(=O)N/C(=C\c1ccccc1)C(=O)OCC(=O)NC(=O)NCC(F)(F)F. The molecule has 0 bridgehead atoms. The maximum Gasteiger partial charge on any atom is 0.405 e. The number of hydrogen-bond acceptors (Lipinski definition) is 5. The van der Waals surface area contributed by atoms with Crippen LogP contribution >= 0.6 is 0 Å².